The molecule has 1 heteroatoms. The van der Waals surface area contributed by atoms with Crippen LogP contribution >= 0.6 is 0 Å². The van der Waals surface area contributed by atoms with E-state index in [1.54, 1.807) is 0 Å². The Balaban J connectivity index is 1.81. The molecular formula is C20H30O. The van der Waals surface area contributed by atoms with Gasteiger partial charge in [-0.05, 0) is 62.0 Å². The van der Waals surface area contributed by atoms with Crippen molar-refractivity contribution >= 4 is 0 Å². The van der Waals surface area contributed by atoms with E-state index in [0.717, 1.165) is 25.0 Å². The zero-order valence-electron chi connectivity index (χ0n) is 13.7. The zero-order valence-corrected chi connectivity index (χ0v) is 13.7. The molecule has 116 valence electrons. The summed E-state index contributed by atoms with van der Waals surface area (Å²) in [6.07, 6.45) is 12.7. The monoisotopic (exact) mass is 286 g/mol. The molecule has 0 aliphatic heterocycles. The lowest BCUT2D eigenvalue weighted by Crippen LogP contribution is -2.11. The van der Waals surface area contributed by atoms with Gasteiger partial charge in [0.25, 0.3) is 0 Å². The first-order valence-corrected chi connectivity index (χ1v) is 8.66. The highest BCUT2D eigenvalue weighted by atomic mass is 16.5. The summed E-state index contributed by atoms with van der Waals surface area (Å²) in [5, 5.41) is 0. The summed E-state index contributed by atoms with van der Waals surface area (Å²) in [5.74, 6) is 1.59. The highest BCUT2D eigenvalue weighted by Gasteiger charge is 2.20. The minimum Gasteiger partial charge on any atom is -0.377 e. The van der Waals surface area contributed by atoms with Gasteiger partial charge in [-0.2, -0.15) is 0 Å². The van der Waals surface area contributed by atoms with Crippen molar-refractivity contribution in [1.82, 2.24) is 0 Å². The molecule has 2 rings (SSSR count). The molecule has 1 saturated carbocycles. The van der Waals surface area contributed by atoms with Gasteiger partial charge in [-0.1, -0.05) is 49.8 Å². The Morgan fingerprint density at radius 1 is 1.05 bits per heavy atom. The lowest BCUT2D eigenvalue weighted by atomic mass is 9.78. The van der Waals surface area contributed by atoms with Crippen molar-refractivity contribution in [3.8, 4) is 0 Å². The van der Waals surface area contributed by atoms with Crippen molar-refractivity contribution in [2.24, 2.45) is 5.92 Å². The van der Waals surface area contributed by atoms with Crippen LogP contribution in [-0.2, 0) is 11.3 Å². The van der Waals surface area contributed by atoms with E-state index in [2.05, 4.69) is 43.3 Å². The highest BCUT2D eigenvalue weighted by Crippen LogP contribution is 2.36. The number of allylic oxidation sites excluding steroid dienone is 2. The number of rotatable bonds is 7. The Morgan fingerprint density at radius 3 is 2.38 bits per heavy atom. The predicted octanol–water partition coefficient (Wildman–Crippen LogP) is 5.85. The molecule has 0 unspecified atom stereocenters. The molecule has 0 heterocycles. The van der Waals surface area contributed by atoms with Crippen LogP contribution < -0.4 is 0 Å². The summed E-state index contributed by atoms with van der Waals surface area (Å²) in [6.45, 7) is 5.82. The predicted molar refractivity (Wildman–Crippen MR) is 90.5 cm³/mol. The van der Waals surface area contributed by atoms with Crippen molar-refractivity contribution in [2.75, 3.05) is 6.61 Å². The van der Waals surface area contributed by atoms with Crippen LogP contribution in [-0.4, -0.2) is 6.61 Å². The van der Waals surface area contributed by atoms with E-state index in [-0.39, 0.29) is 0 Å². The Morgan fingerprint density at radius 2 is 1.76 bits per heavy atom. The molecule has 0 radical (unpaired) electrons. The van der Waals surface area contributed by atoms with E-state index in [4.69, 9.17) is 4.74 Å². The minimum absolute atomic E-state index is 0.742. The third-order valence-electron chi connectivity index (χ3n) is 4.56. The minimum atomic E-state index is 0.742. The molecule has 0 atom stereocenters. The van der Waals surface area contributed by atoms with Crippen LogP contribution in [0, 0.1) is 5.92 Å². The van der Waals surface area contributed by atoms with Crippen molar-refractivity contribution in [3.63, 3.8) is 0 Å². The molecule has 1 aromatic carbocycles. The maximum atomic E-state index is 5.46. The average Bonchev–Trinajstić information content (AvgIpc) is 2.54. The van der Waals surface area contributed by atoms with Crippen LogP contribution in [0.3, 0.4) is 0 Å². The maximum Gasteiger partial charge on any atom is 0.0716 e. The van der Waals surface area contributed by atoms with E-state index in [9.17, 15) is 0 Å². The number of ether oxygens (including phenoxy) is 1. The van der Waals surface area contributed by atoms with Gasteiger partial charge >= 0.3 is 0 Å². The third-order valence-corrected chi connectivity index (χ3v) is 4.56. The molecule has 0 N–H and O–H groups in total. The largest absolute Gasteiger partial charge is 0.377 e. The van der Waals surface area contributed by atoms with Crippen molar-refractivity contribution in [1.29, 1.82) is 0 Å². The van der Waals surface area contributed by atoms with Gasteiger partial charge in [0.05, 0.1) is 6.61 Å². The third kappa shape index (κ3) is 5.32. The quantitative estimate of drug-likeness (QED) is 0.571. The Labute approximate surface area is 130 Å². The fourth-order valence-electron chi connectivity index (χ4n) is 3.21. The lowest BCUT2D eigenvalue weighted by molar-refractivity contribution is 0.134. The lowest BCUT2D eigenvalue weighted by Gasteiger charge is -2.27. The van der Waals surface area contributed by atoms with Gasteiger partial charge in [-0.25, -0.2) is 0 Å². The second-order valence-electron chi connectivity index (χ2n) is 6.21. The van der Waals surface area contributed by atoms with Gasteiger partial charge in [0.1, 0.15) is 0 Å². The summed E-state index contributed by atoms with van der Waals surface area (Å²) >= 11 is 0. The molecule has 0 bridgehead atoms. The van der Waals surface area contributed by atoms with Crippen LogP contribution in [0.25, 0.3) is 0 Å². The fourth-order valence-corrected chi connectivity index (χ4v) is 3.21. The maximum absolute atomic E-state index is 5.46. The van der Waals surface area contributed by atoms with Gasteiger partial charge < -0.3 is 4.74 Å². The fraction of sp³-hybridized carbons (Fsp3) is 0.600. The molecule has 0 aromatic heterocycles. The Kier molecular flexibility index (Phi) is 7.02. The van der Waals surface area contributed by atoms with E-state index in [1.165, 1.54) is 49.7 Å². The summed E-state index contributed by atoms with van der Waals surface area (Å²) < 4.78 is 5.46. The Hall–Kier alpha value is -1.08. The normalized spacial score (nSPS) is 22.8. The van der Waals surface area contributed by atoms with Crippen molar-refractivity contribution < 1.29 is 4.74 Å². The number of benzene rings is 1. The first-order valence-electron chi connectivity index (χ1n) is 8.66. The smallest absolute Gasteiger partial charge is 0.0716 e. The van der Waals surface area contributed by atoms with Crippen LogP contribution in [0.4, 0.5) is 0 Å². The van der Waals surface area contributed by atoms with Crippen LogP contribution in [0.15, 0.2) is 36.4 Å². The topological polar surface area (TPSA) is 9.23 Å². The summed E-state index contributed by atoms with van der Waals surface area (Å²) in [4.78, 5) is 0. The molecular weight excluding hydrogens is 256 g/mol. The van der Waals surface area contributed by atoms with Crippen LogP contribution in [0.1, 0.15) is 69.4 Å². The van der Waals surface area contributed by atoms with Gasteiger partial charge in [-0.3, -0.25) is 0 Å². The second-order valence-corrected chi connectivity index (χ2v) is 6.21. The van der Waals surface area contributed by atoms with Gasteiger partial charge in [0, 0.05) is 6.61 Å². The first kappa shape index (κ1) is 16.3. The molecule has 1 aromatic rings. The molecule has 0 amide bonds. The Bertz CT molecular complexity index is 410. The molecule has 1 aliphatic rings. The van der Waals surface area contributed by atoms with E-state index in [1.807, 2.05) is 6.92 Å². The summed E-state index contributed by atoms with van der Waals surface area (Å²) in [7, 11) is 0. The molecule has 1 fully saturated rings. The molecule has 0 saturated heterocycles. The number of unbranched alkanes of at least 4 members (excludes halogenated alkanes) is 1. The van der Waals surface area contributed by atoms with E-state index >= 15 is 0 Å². The van der Waals surface area contributed by atoms with Gasteiger partial charge in [0.15, 0.2) is 0 Å². The van der Waals surface area contributed by atoms with Crippen LogP contribution in [0.2, 0.25) is 0 Å². The van der Waals surface area contributed by atoms with E-state index in [0.29, 0.717) is 0 Å². The van der Waals surface area contributed by atoms with Crippen molar-refractivity contribution in [2.45, 2.75) is 64.9 Å². The molecule has 1 nitrogen and oxygen atoms in total. The van der Waals surface area contributed by atoms with Gasteiger partial charge in [-0.15, -0.1) is 0 Å². The number of hydrogen-bond donors (Lipinski definition) is 0. The molecule has 1 aliphatic carbocycles. The standard InChI is InChI=1S/C20H30O/c1-3-5-6-7-17-8-12-19(13-9-17)20-14-10-18(11-15-20)16-21-4-2/h6-7,10-11,14-15,17,19H,3-5,8-9,12-13,16H2,1-2H3/t17-,19-. The van der Waals surface area contributed by atoms with E-state index < -0.39 is 0 Å². The molecule has 0 spiro atoms. The van der Waals surface area contributed by atoms with Crippen LogP contribution in [0.5, 0.6) is 0 Å². The second kappa shape index (κ2) is 9.04. The SMILES string of the molecule is CCCC=C[C@H]1CC[C@H](c2ccc(COCC)cc2)CC1. The van der Waals surface area contributed by atoms with Crippen molar-refractivity contribution in [3.05, 3.63) is 47.5 Å². The summed E-state index contributed by atoms with van der Waals surface area (Å²) in [5.41, 5.74) is 2.81. The number of hydrogen-bond acceptors (Lipinski definition) is 1. The molecule has 21 heavy (non-hydrogen) atoms. The summed E-state index contributed by atoms with van der Waals surface area (Å²) in [6, 6.07) is 9.09. The average molecular weight is 286 g/mol. The highest BCUT2D eigenvalue weighted by molar-refractivity contribution is 5.25. The first-order chi connectivity index (χ1) is 10.3. The zero-order chi connectivity index (χ0) is 14.9. The van der Waals surface area contributed by atoms with Gasteiger partial charge in [0.2, 0.25) is 0 Å².